The van der Waals surface area contributed by atoms with Crippen molar-refractivity contribution in [1.82, 2.24) is 20.2 Å². The van der Waals surface area contributed by atoms with Crippen LogP contribution in [0.15, 0.2) is 36.0 Å². The summed E-state index contributed by atoms with van der Waals surface area (Å²) in [5.74, 6) is -1.31. The van der Waals surface area contributed by atoms with Crippen LogP contribution in [0.4, 0.5) is 0 Å². The van der Waals surface area contributed by atoms with Gasteiger partial charge in [-0.15, -0.1) is 11.3 Å². The number of aromatic nitrogens is 2. The third-order valence-corrected chi connectivity index (χ3v) is 4.01. The van der Waals surface area contributed by atoms with Crippen LogP contribution >= 0.6 is 22.9 Å². The topological polar surface area (TPSA) is 95.7 Å². The number of rotatable bonds is 3. The van der Waals surface area contributed by atoms with Crippen molar-refractivity contribution in [3.8, 4) is 5.75 Å². The summed E-state index contributed by atoms with van der Waals surface area (Å²) in [6, 6.07) is 4.06. The van der Waals surface area contributed by atoms with Crippen LogP contribution in [0.5, 0.6) is 5.75 Å². The smallest absolute Gasteiger partial charge is 0.273 e. The molecule has 0 atom stereocenters. The van der Waals surface area contributed by atoms with Crippen LogP contribution in [-0.2, 0) is 11.2 Å². The molecule has 0 fully saturated rings. The highest BCUT2D eigenvalue weighted by molar-refractivity contribution is 7.15. The number of thiazole rings is 1. The van der Waals surface area contributed by atoms with E-state index in [1.54, 1.807) is 6.20 Å². The zero-order valence-corrected chi connectivity index (χ0v) is 13.2. The largest absolute Gasteiger partial charge is 0.507 e. The van der Waals surface area contributed by atoms with Crippen LogP contribution < -0.4 is 10.9 Å². The standard InChI is InChI=1S/C14H11ClN4O3S/c15-8-1-2-11(20)10(5-8)13(22)18-17-12(21)6-9-7-19-3-4-23-14(19)16-9/h1-5,7,20H,6H2,(H,17,21)(H,18,22). The van der Waals surface area contributed by atoms with Gasteiger partial charge in [-0.1, -0.05) is 11.6 Å². The summed E-state index contributed by atoms with van der Waals surface area (Å²) in [7, 11) is 0. The molecule has 1 aromatic carbocycles. The maximum Gasteiger partial charge on any atom is 0.273 e. The van der Waals surface area contributed by atoms with E-state index in [4.69, 9.17) is 11.6 Å². The van der Waals surface area contributed by atoms with Crippen molar-refractivity contribution in [2.45, 2.75) is 6.42 Å². The number of hydrazine groups is 1. The van der Waals surface area contributed by atoms with Crippen LogP contribution in [0.1, 0.15) is 16.1 Å². The van der Waals surface area contributed by atoms with Crippen molar-refractivity contribution in [3.63, 3.8) is 0 Å². The molecular weight excluding hydrogens is 340 g/mol. The van der Waals surface area contributed by atoms with E-state index in [-0.39, 0.29) is 17.7 Å². The number of halogens is 1. The Labute approximate surface area is 139 Å². The molecule has 0 spiro atoms. The van der Waals surface area contributed by atoms with Crippen molar-refractivity contribution in [2.24, 2.45) is 0 Å². The number of fused-ring (bicyclic) bond motifs is 1. The highest BCUT2D eigenvalue weighted by Crippen LogP contribution is 2.21. The van der Waals surface area contributed by atoms with Crippen LogP contribution in [0.3, 0.4) is 0 Å². The molecule has 3 aromatic rings. The summed E-state index contributed by atoms with van der Waals surface area (Å²) >= 11 is 7.23. The summed E-state index contributed by atoms with van der Waals surface area (Å²) in [5.41, 5.74) is 5.06. The van der Waals surface area contributed by atoms with Gasteiger partial charge in [-0.3, -0.25) is 24.8 Å². The number of hydrogen-bond donors (Lipinski definition) is 3. The van der Waals surface area contributed by atoms with Crippen LogP contribution in [0, 0.1) is 0 Å². The van der Waals surface area contributed by atoms with Crippen molar-refractivity contribution >= 4 is 39.7 Å². The Hall–Kier alpha value is -2.58. The molecule has 3 N–H and O–H groups in total. The SMILES string of the molecule is O=C(Cc1cn2ccsc2n1)NNC(=O)c1cc(Cl)ccc1O. The molecule has 23 heavy (non-hydrogen) atoms. The maximum atomic E-state index is 11.9. The fraction of sp³-hybridized carbons (Fsp3) is 0.0714. The van der Waals surface area contributed by atoms with Crippen LogP contribution in [0.2, 0.25) is 5.02 Å². The molecule has 0 saturated carbocycles. The fourth-order valence-electron chi connectivity index (χ4n) is 1.95. The Balaban J connectivity index is 1.59. The summed E-state index contributed by atoms with van der Waals surface area (Å²) in [4.78, 5) is 28.8. The first kappa shape index (κ1) is 15.3. The van der Waals surface area contributed by atoms with Gasteiger partial charge in [-0.05, 0) is 18.2 Å². The van der Waals surface area contributed by atoms with E-state index in [1.807, 2.05) is 16.0 Å². The van der Waals surface area contributed by atoms with Gasteiger partial charge in [-0.2, -0.15) is 0 Å². The highest BCUT2D eigenvalue weighted by Gasteiger charge is 2.13. The summed E-state index contributed by atoms with van der Waals surface area (Å²) in [6.07, 6.45) is 3.62. The lowest BCUT2D eigenvalue weighted by atomic mass is 10.2. The molecular formula is C14H11ClN4O3S. The molecule has 7 nitrogen and oxygen atoms in total. The molecule has 0 aliphatic carbocycles. The fourth-order valence-corrected chi connectivity index (χ4v) is 2.84. The van der Waals surface area contributed by atoms with Crippen molar-refractivity contribution in [2.75, 3.05) is 0 Å². The first-order valence-corrected chi connectivity index (χ1v) is 7.77. The molecule has 118 valence electrons. The number of carbonyl (C=O) groups is 2. The Morgan fingerprint density at radius 2 is 2.17 bits per heavy atom. The van der Waals surface area contributed by atoms with Crippen molar-refractivity contribution < 1.29 is 14.7 Å². The highest BCUT2D eigenvalue weighted by atomic mass is 35.5. The minimum atomic E-state index is -0.663. The molecule has 0 aliphatic rings. The molecule has 0 radical (unpaired) electrons. The summed E-state index contributed by atoms with van der Waals surface area (Å²) in [5, 5.41) is 11.8. The van der Waals surface area contributed by atoms with Gasteiger partial charge < -0.3 is 5.11 Å². The lowest BCUT2D eigenvalue weighted by molar-refractivity contribution is -0.121. The average molecular weight is 351 g/mol. The number of aromatic hydroxyl groups is 1. The van der Waals surface area contributed by atoms with Gasteiger partial charge in [0, 0.05) is 22.8 Å². The second-order valence-electron chi connectivity index (χ2n) is 4.67. The molecule has 0 saturated heterocycles. The third kappa shape index (κ3) is 3.43. The van der Waals surface area contributed by atoms with E-state index < -0.39 is 11.8 Å². The average Bonchev–Trinajstić information content (AvgIpc) is 3.08. The number of benzene rings is 1. The number of imidazole rings is 1. The van der Waals surface area contributed by atoms with Gasteiger partial charge in [0.2, 0.25) is 5.91 Å². The van der Waals surface area contributed by atoms with E-state index in [2.05, 4.69) is 15.8 Å². The molecule has 2 aromatic heterocycles. The number of phenols is 1. The quantitative estimate of drug-likeness (QED) is 0.627. The predicted octanol–water partition coefficient (Wildman–Crippen LogP) is 1.76. The molecule has 0 bridgehead atoms. The minimum absolute atomic E-state index is 0.0240. The Bertz CT molecular complexity index is 861. The number of nitrogens with zero attached hydrogens (tertiary/aromatic N) is 2. The molecule has 2 heterocycles. The number of carbonyl (C=O) groups excluding carboxylic acids is 2. The maximum absolute atomic E-state index is 11.9. The number of nitrogens with one attached hydrogen (secondary N) is 2. The van der Waals surface area contributed by atoms with Gasteiger partial charge in [0.05, 0.1) is 17.7 Å². The Kier molecular flexibility index (Phi) is 4.18. The van der Waals surface area contributed by atoms with E-state index in [1.165, 1.54) is 29.5 Å². The summed E-state index contributed by atoms with van der Waals surface area (Å²) < 4.78 is 1.82. The zero-order chi connectivity index (χ0) is 16.4. The number of phenolic OH excluding ortho intramolecular Hbond substituents is 1. The Morgan fingerprint density at radius 3 is 2.96 bits per heavy atom. The molecule has 0 aliphatic heterocycles. The second-order valence-corrected chi connectivity index (χ2v) is 5.98. The van der Waals surface area contributed by atoms with Gasteiger partial charge >= 0.3 is 0 Å². The van der Waals surface area contributed by atoms with Gasteiger partial charge in [-0.25, -0.2) is 4.98 Å². The van der Waals surface area contributed by atoms with Crippen molar-refractivity contribution in [3.05, 3.63) is 52.3 Å². The van der Waals surface area contributed by atoms with E-state index in [0.717, 1.165) is 4.96 Å². The number of amides is 2. The third-order valence-electron chi connectivity index (χ3n) is 3.00. The molecule has 3 rings (SSSR count). The summed E-state index contributed by atoms with van der Waals surface area (Å²) in [6.45, 7) is 0. The van der Waals surface area contributed by atoms with E-state index >= 15 is 0 Å². The van der Waals surface area contributed by atoms with Gasteiger partial charge in [0.25, 0.3) is 5.91 Å². The molecule has 2 amide bonds. The van der Waals surface area contributed by atoms with Gasteiger partial charge in [0.1, 0.15) is 5.75 Å². The number of hydrogen-bond acceptors (Lipinski definition) is 5. The first-order chi connectivity index (χ1) is 11.0. The Morgan fingerprint density at radius 1 is 1.35 bits per heavy atom. The minimum Gasteiger partial charge on any atom is -0.507 e. The molecule has 9 heteroatoms. The van der Waals surface area contributed by atoms with Gasteiger partial charge in [0.15, 0.2) is 4.96 Å². The second kappa shape index (κ2) is 6.27. The lowest BCUT2D eigenvalue weighted by Crippen LogP contribution is -2.42. The molecule has 0 unspecified atom stereocenters. The van der Waals surface area contributed by atoms with Crippen LogP contribution in [-0.4, -0.2) is 26.3 Å². The monoisotopic (exact) mass is 350 g/mol. The predicted molar refractivity (Wildman–Crippen MR) is 85.5 cm³/mol. The van der Waals surface area contributed by atoms with Crippen molar-refractivity contribution in [1.29, 1.82) is 0 Å². The van der Waals surface area contributed by atoms with E-state index in [9.17, 15) is 14.7 Å². The van der Waals surface area contributed by atoms with E-state index in [0.29, 0.717) is 10.7 Å². The van der Waals surface area contributed by atoms with Crippen LogP contribution in [0.25, 0.3) is 4.96 Å². The zero-order valence-electron chi connectivity index (χ0n) is 11.6. The normalized spacial score (nSPS) is 10.7. The first-order valence-electron chi connectivity index (χ1n) is 6.52. The lowest BCUT2D eigenvalue weighted by Gasteiger charge is -2.08.